The quantitative estimate of drug-likeness (QED) is 0.858. The minimum absolute atomic E-state index is 0.340. The van der Waals surface area contributed by atoms with Crippen LogP contribution in [-0.4, -0.2) is 49.8 Å². The fourth-order valence-corrected chi connectivity index (χ4v) is 3.36. The van der Waals surface area contributed by atoms with Crippen molar-refractivity contribution in [3.8, 4) is 0 Å². The second kappa shape index (κ2) is 7.77. The van der Waals surface area contributed by atoms with Crippen LogP contribution in [0.1, 0.15) is 59.3 Å². The van der Waals surface area contributed by atoms with Gasteiger partial charge in [-0.2, -0.15) is 0 Å². The summed E-state index contributed by atoms with van der Waals surface area (Å²) in [6.45, 7) is 12.6. The molecule has 1 saturated heterocycles. The predicted octanol–water partition coefficient (Wildman–Crippen LogP) is 3.05. The first-order chi connectivity index (χ1) is 9.55. The molecule has 20 heavy (non-hydrogen) atoms. The average Bonchev–Trinajstić information content (AvgIpc) is 2.65. The van der Waals surface area contributed by atoms with Crippen molar-refractivity contribution in [2.75, 3.05) is 32.8 Å². The van der Waals surface area contributed by atoms with Crippen LogP contribution < -0.4 is 5.32 Å². The summed E-state index contributed by atoms with van der Waals surface area (Å²) < 4.78 is 6.09. The van der Waals surface area contributed by atoms with Crippen molar-refractivity contribution in [1.29, 1.82) is 0 Å². The first kappa shape index (κ1) is 16.3. The summed E-state index contributed by atoms with van der Waals surface area (Å²) in [5, 5.41) is 3.71. The average molecular weight is 282 g/mol. The Morgan fingerprint density at radius 1 is 1.10 bits per heavy atom. The van der Waals surface area contributed by atoms with Crippen LogP contribution in [0.3, 0.4) is 0 Å². The van der Waals surface area contributed by atoms with Crippen molar-refractivity contribution < 1.29 is 4.74 Å². The van der Waals surface area contributed by atoms with E-state index in [-0.39, 0.29) is 0 Å². The van der Waals surface area contributed by atoms with Crippen LogP contribution >= 0.6 is 0 Å². The maximum absolute atomic E-state index is 6.09. The van der Waals surface area contributed by atoms with Crippen LogP contribution in [0.25, 0.3) is 0 Å². The van der Waals surface area contributed by atoms with Gasteiger partial charge in [-0.3, -0.25) is 4.90 Å². The Morgan fingerprint density at radius 2 is 1.85 bits per heavy atom. The number of rotatable bonds is 4. The van der Waals surface area contributed by atoms with E-state index in [1.54, 1.807) is 0 Å². The first-order valence-corrected chi connectivity index (χ1v) is 8.63. The van der Waals surface area contributed by atoms with Gasteiger partial charge in [-0.05, 0) is 37.8 Å². The smallest absolute Gasteiger partial charge is 0.0597 e. The van der Waals surface area contributed by atoms with Gasteiger partial charge in [0.25, 0.3) is 0 Å². The normalized spacial score (nSPS) is 27.4. The Morgan fingerprint density at radius 3 is 2.55 bits per heavy atom. The Kier molecular flexibility index (Phi) is 6.31. The molecule has 3 heteroatoms. The molecule has 1 aliphatic heterocycles. The van der Waals surface area contributed by atoms with Gasteiger partial charge in [-0.15, -0.1) is 0 Å². The highest BCUT2D eigenvalue weighted by molar-refractivity contribution is 4.85. The van der Waals surface area contributed by atoms with Crippen molar-refractivity contribution in [2.24, 2.45) is 5.41 Å². The molecule has 0 amide bonds. The highest BCUT2D eigenvalue weighted by Gasteiger charge is 2.27. The third-order valence-electron chi connectivity index (χ3n) is 4.84. The van der Waals surface area contributed by atoms with Gasteiger partial charge in [0.1, 0.15) is 0 Å². The number of ether oxygens (including phenoxy) is 1. The van der Waals surface area contributed by atoms with Gasteiger partial charge >= 0.3 is 0 Å². The van der Waals surface area contributed by atoms with Crippen LogP contribution in [0.4, 0.5) is 0 Å². The summed E-state index contributed by atoms with van der Waals surface area (Å²) in [7, 11) is 0. The highest BCUT2D eigenvalue weighted by Crippen LogP contribution is 2.22. The lowest BCUT2D eigenvalue weighted by Gasteiger charge is -2.34. The predicted molar refractivity (Wildman–Crippen MR) is 85.1 cm³/mol. The Bertz CT molecular complexity index is 269. The molecule has 2 fully saturated rings. The minimum Gasteiger partial charge on any atom is -0.377 e. The van der Waals surface area contributed by atoms with E-state index in [1.165, 1.54) is 45.1 Å². The molecule has 0 radical (unpaired) electrons. The summed E-state index contributed by atoms with van der Waals surface area (Å²) in [5.41, 5.74) is 0.340. The zero-order valence-corrected chi connectivity index (χ0v) is 13.8. The molecule has 0 bridgehead atoms. The lowest BCUT2D eigenvalue weighted by atomic mass is 9.86. The van der Waals surface area contributed by atoms with Crippen molar-refractivity contribution in [2.45, 2.75) is 71.4 Å². The lowest BCUT2D eigenvalue weighted by Crippen LogP contribution is -2.46. The number of hydrogen-bond acceptors (Lipinski definition) is 3. The molecule has 0 aromatic heterocycles. The monoisotopic (exact) mass is 282 g/mol. The molecule has 3 nitrogen and oxygen atoms in total. The molecule has 1 N–H and O–H groups in total. The Balaban J connectivity index is 1.70. The van der Waals surface area contributed by atoms with E-state index in [9.17, 15) is 0 Å². The largest absolute Gasteiger partial charge is 0.377 e. The molecule has 118 valence electrons. The maximum atomic E-state index is 6.09. The molecule has 2 rings (SSSR count). The minimum atomic E-state index is 0.340. The molecule has 1 aliphatic carbocycles. The fraction of sp³-hybridized carbons (Fsp3) is 1.00. The molecule has 1 heterocycles. The molecule has 0 aromatic carbocycles. The van der Waals surface area contributed by atoms with Crippen molar-refractivity contribution in [1.82, 2.24) is 10.2 Å². The Labute approximate surface area is 125 Å². The third kappa shape index (κ3) is 5.34. The standard InChI is InChI=1S/C17H34N2O/c1-17(2,3)16-14-19(11-7-10-18-16)12-13-20-15-8-5-4-6-9-15/h15-16,18H,4-14H2,1-3H3. The number of hydrogen-bond donors (Lipinski definition) is 1. The number of nitrogens with one attached hydrogen (secondary N) is 1. The molecule has 2 aliphatic rings. The van der Waals surface area contributed by atoms with E-state index in [0.29, 0.717) is 17.6 Å². The van der Waals surface area contributed by atoms with Crippen molar-refractivity contribution >= 4 is 0 Å². The van der Waals surface area contributed by atoms with Crippen molar-refractivity contribution in [3.05, 3.63) is 0 Å². The lowest BCUT2D eigenvalue weighted by molar-refractivity contribution is 0.0147. The summed E-state index contributed by atoms with van der Waals surface area (Å²) in [6.07, 6.45) is 8.51. The van der Waals surface area contributed by atoms with Gasteiger partial charge in [0.15, 0.2) is 0 Å². The van der Waals surface area contributed by atoms with Crippen LogP contribution in [0.5, 0.6) is 0 Å². The zero-order valence-electron chi connectivity index (χ0n) is 13.8. The van der Waals surface area contributed by atoms with Gasteiger partial charge in [-0.25, -0.2) is 0 Å². The third-order valence-corrected chi connectivity index (χ3v) is 4.84. The van der Waals surface area contributed by atoms with Crippen LogP contribution in [0.15, 0.2) is 0 Å². The molecular formula is C17H34N2O. The summed E-state index contributed by atoms with van der Waals surface area (Å²) in [6, 6.07) is 0.597. The van der Waals surface area contributed by atoms with E-state index in [4.69, 9.17) is 4.74 Å². The van der Waals surface area contributed by atoms with Crippen LogP contribution in [0.2, 0.25) is 0 Å². The van der Waals surface area contributed by atoms with Gasteiger partial charge in [0, 0.05) is 19.1 Å². The molecule has 1 atom stereocenters. The summed E-state index contributed by atoms with van der Waals surface area (Å²) in [4.78, 5) is 2.60. The van der Waals surface area contributed by atoms with E-state index >= 15 is 0 Å². The SMILES string of the molecule is CC(C)(C)C1CN(CCOC2CCCCC2)CCCN1. The van der Waals surface area contributed by atoms with Gasteiger partial charge in [-0.1, -0.05) is 40.0 Å². The summed E-state index contributed by atoms with van der Waals surface area (Å²) in [5.74, 6) is 0. The van der Waals surface area contributed by atoms with Gasteiger partial charge < -0.3 is 10.1 Å². The maximum Gasteiger partial charge on any atom is 0.0597 e. The first-order valence-electron chi connectivity index (χ1n) is 8.63. The van der Waals surface area contributed by atoms with Crippen molar-refractivity contribution in [3.63, 3.8) is 0 Å². The number of nitrogens with zero attached hydrogens (tertiary/aromatic N) is 1. The van der Waals surface area contributed by atoms with E-state index in [1.807, 2.05) is 0 Å². The molecule has 0 aromatic rings. The molecule has 1 unspecified atom stereocenters. The molecule has 1 saturated carbocycles. The van der Waals surface area contributed by atoms with E-state index in [2.05, 4.69) is 31.0 Å². The second-order valence-corrected chi connectivity index (χ2v) is 7.66. The fourth-order valence-electron chi connectivity index (χ4n) is 3.36. The zero-order chi connectivity index (χ0) is 14.4. The van der Waals surface area contributed by atoms with E-state index < -0.39 is 0 Å². The topological polar surface area (TPSA) is 24.5 Å². The summed E-state index contributed by atoms with van der Waals surface area (Å²) >= 11 is 0. The molecule has 0 spiro atoms. The Hall–Kier alpha value is -0.120. The van der Waals surface area contributed by atoms with Crippen LogP contribution in [-0.2, 0) is 4.74 Å². The highest BCUT2D eigenvalue weighted by atomic mass is 16.5. The molecular weight excluding hydrogens is 248 g/mol. The van der Waals surface area contributed by atoms with Gasteiger partial charge in [0.05, 0.1) is 12.7 Å². The van der Waals surface area contributed by atoms with Crippen LogP contribution in [0, 0.1) is 5.41 Å². The second-order valence-electron chi connectivity index (χ2n) is 7.66. The van der Waals surface area contributed by atoms with E-state index in [0.717, 1.165) is 26.2 Å². The van der Waals surface area contributed by atoms with Gasteiger partial charge in [0.2, 0.25) is 0 Å².